The number of carbonyl (C=O) groups is 1. The van der Waals surface area contributed by atoms with E-state index in [-0.39, 0.29) is 5.91 Å². The van der Waals surface area contributed by atoms with Crippen molar-refractivity contribution in [3.63, 3.8) is 0 Å². The SMILES string of the molecule is CCCCC/C=C\C/C=C\CCCCCCCCCCCC(=O)NC(CS(=O)(=O)O)C(O)CCCCCCCCCCCCCCCCCCCCCC. The van der Waals surface area contributed by atoms with Crippen molar-refractivity contribution in [3.8, 4) is 0 Å². The van der Waals surface area contributed by atoms with Gasteiger partial charge in [-0.1, -0.05) is 224 Å². The highest BCUT2D eigenvalue weighted by molar-refractivity contribution is 7.85. The van der Waals surface area contributed by atoms with Crippen molar-refractivity contribution in [2.75, 3.05) is 5.75 Å². The Kier molecular flexibility index (Phi) is 40.5. The Morgan fingerprint density at radius 1 is 0.500 bits per heavy atom. The lowest BCUT2D eigenvalue weighted by Crippen LogP contribution is -2.47. The van der Waals surface area contributed by atoms with Gasteiger partial charge in [0.2, 0.25) is 5.91 Å². The Morgan fingerprint density at radius 2 is 0.833 bits per heavy atom. The summed E-state index contributed by atoms with van der Waals surface area (Å²) in [7, 11) is -4.31. The normalized spacial score (nSPS) is 13.3. The summed E-state index contributed by atoms with van der Waals surface area (Å²) in [4.78, 5) is 12.6. The van der Waals surface area contributed by atoms with Crippen molar-refractivity contribution in [1.82, 2.24) is 5.32 Å². The molecule has 2 unspecified atom stereocenters. The molecule has 3 N–H and O–H groups in total. The van der Waals surface area contributed by atoms with Crippen LogP contribution in [-0.2, 0) is 14.9 Å². The minimum Gasteiger partial charge on any atom is -0.391 e. The smallest absolute Gasteiger partial charge is 0.266 e. The van der Waals surface area contributed by atoms with Gasteiger partial charge in [-0.25, -0.2) is 0 Å². The average molecular weight is 782 g/mol. The zero-order chi connectivity index (χ0) is 39.6. The molecular formula is C47H91NO5S. The Balaban J connectivity index is 3.78. The number of aliphatic hydroxyl groups excluding tert-OH is 1. The lowest BCUT2D eigenvalue weighted by molar-refractivity contribution is -0.122. The highest BCUT2D eigenvalue weighted by atomic mass is 32.2. The maximum Gasteiger partial charge on any atom is 0.266 e. The van der Waals surface area contributed by atoms with Crippen LogP contribution in [0.1, 0.15) is 251 Å². The van der Waals surface area contributed by atoms with E-state index in [2.05, 4.69) is 43.5 Å². The summed E-state index contributed by atoms with van der Waals surface area (Å²) in [5, 5.41) is 13.4. The first kappa shape index (κ1) is 52.8. The van der Waals surface area contributed by atoms with Gasteiger partial charge in [0.05, 0.1) is 17.9 Å². The van der Waals surface area contributed by atoms with Gasteiger partial charge < -0.3 is 10.4 Å². The minimum atomic E-state index is -4.31. The first-order chi connectivity index (χ1) is 26.3. The quantitative estimate of drug-likeness (QED) is 0.0325. The van der Waals surface area contributed by atoms with E-state index in [1.165, 1.54) is 180 Å². The standard InChI is InChI=1S/C47H91NO5S/c1-3-5-7-9-11-13-15-17-19-21-23-25-26-28-30-32-34-36-38-40-42-46(49)45(44-54(51,52)53)48-47(50)43-41-39-37-35-33-31-29-27-24-22-20-18-16-14-12-10-8-6-4-2/h12,14,18,20,45-46,49H,3-11,13,15-17,19,21-44H2,1-2H3,(H,48,50)(H,51,52,53)/b14-12-,20-18-. The van der Waals surface area contributed by atoms with Crippen LogP contribution in [0.2, 0.25) is 0 Å². The van der Waals surface area contributed by atoms with Crippen molar-refractivity contribution in [2.45, 2.75) is 264 Å². The number of nitrogens with one attached hydrogen (secondary N) is 1. The lowest BCUT2D eigenvalue weighted by atomic mass is 10.0. The molecular weight excluding hydrogens is 691 g/mol. The zero-order valence-electron chi connectivity index (χ0n) is 35.9. The van der Waals surface area contributed by atoms with Crippen LogP contribution in [0.3, 0.4) is 0 Å². The molecule has 7 heteroatoms. The van der Waals surface area contributed by atoms with Crippen molar-refractivity contribution in [3.05, 3.63) is 24.3 Å². The molecule has 0 radical (unpaired) electrons. The Bertz CT molecular complexity index is 950. The molecule has 0 saturated heterocycles. The van der Waals surface area contributed by atoms with Gasteiger partial charge in [0, 0.05) is 6.42 Å². The summed E-state index contributed by atoms with van der Waals surface area (Å²) in [5.41, 5.74) is 0. The van der Waals surface area contributed by atoms with Crippen LogP contribution < -0.4 is 5.32 Å². The molecule has 0 fully saturated rings. The van der Waals surface area contributed by atoms with Crippen LogP contribution >= 0.6 is 0 Å². The fraction of sp³-hybridized carbons (Fsp3) is 0.894. The third kappa shape index (κ3) is 42.0. The molecule has 0 rings (SSSR count). The Hall–Kier alpha value is -1.18. The van der Waals surface area contributed by atoms with E-state index in [1.54, 1.807) is 0 Å². The molecule has 2 atom stereocenters. The molecule has 6 nitrogen and oxygen atoms in total. The molecule has 0 aromatic heterocycles. The lowest BCUT2D eigenvalue weighted by Gasteiger charge is -2.23. The fourth-order valence-electron chi connectivity index (χ4n) is 7.37. The first-order valence-electron chi connectivity index (χ1n) is 23.5. The van der Waals surface area contributed by atoms with Crippen molar-refractivity contribution >= 4 is 16.0 Å². The molecule has 320 valence electrons. The Labute approximate surface area is 336 Å². The molecule has 0 aromatic carbocycles. The number of carbonyl (C=O) groups excluding carboxylic acids is 1. The van der Waals surface area contributed by atoms with E-state index in [0.717, 1.165) is 44.9 Å². The van der Waals surface area contributed by atoms with Gasteiger partial charge in [0.1, 0.15) is 0 Å². The third-order valence-corrected chi connectivity index (χ3v) is 11.7. The van der Waals surface area contributed by atoms with Crippen LogP contribution in [0.15, 0.2) is 24.3 Å². The molecule has 0 aliphatic carbocycles. The molecule has 0 spiro atoms. The fourth-order valence-corrected chi connectivity index (χ4v) is 8.13. The monoisotopic (exact) mass is 782 g/mol. The predicted molar refractivity (Wildman–Crippen MR) is 235 cm³/mol. The highest BCUT2D eigenvalue weighted by Crippen LogP contribution is 2.17. The van der Waals surface area contributed by atoms with Gasteiger partial charge in [-0.15, -0.1) is 0 Å². The summed E-state index contributed by atoms with van der Waals surface area (Å²) in [6.45, 7) is 4.52. The second kappa shape index (κ2) is 41.5. The summed E-state index contributed by atoms with van der Waals surface area (Å²) in [6.07, 6.45) is 52.7. The third-order valence-electron chi connectivity index (χ3n) is 10.9. The molecule has 0 aromatic rings. The Morgan fingerprint density at radius 3 is 1.24 bits per heavy atom. The number of allylic oxidation sites excluding steroid dienone is 4. The topological polar surface area (TPSA) is 104 Å². The van der Waals surface area contributed by atoms with E-state index in [9.17, 15) is 22.9 Å². The van der Waals surface area contributed by atoms with E-state index in [1.807, 2.05) is 0 Å². The minimum absolute atomic E-state index is 0.247. The first-order valence-corrected chi connectivity index (χ1v) is 25.1. The average Bonchev–Trinajstić information content (AvgIpc) is 3.14. The zero-order valence-corrected chi connectivity index (χ0v) is 36.7. The van der Waals surface area contributed by atoms with E-state index in [4.69, 9.17) is 0 Å². The number of amides is 1. The number of hydrogen-bond acceptors (Lipinski definition) is 4. The predicted octanol–water partition coefficient (Wildman–Crippen LogP) is 14.3. The van der Waals surface area contributed by atoms with Gasteiger partial charge in [-0.05, 0) is 44.9 Å². The maximum absolute atomic E-state index is 12.6. The highest BCUT2D eigenvalue weighted by Gasteiger charge is 2.26. The molecule has 0 bridgehead atoms. The molecule has 0 saturated carbocycles. The van der Waals surface area contributed by atoms with Crippen LogP contribution in [0.5, 0.6) is 0 Å². The van der Waals surface area contributed by atoms with E-state index >= 15 is 0 Å². The molecule has 1 amide bonds. The van der Waals surface area contributed by atoms with E-state index in [0.29, 0.717) is 12.8 Å². The van der Waals surface area contributed by atoms with Crippen molar-refractivity contribution in [2.24, 2.45) is 0 Å². The number of aliphatic hydroxyl groups is 1. The summed E-state index contributed by atoms with van der Waals surface area (Å²) >= 11 is 0. The van der Waals surface area contributed by atoms with Gasteiger partial charge in [0.25, 0.3) is 10.1 Å². The summed E-state index contributed by atoms with van der Waals surface area (Å²) < 4.78 is 32.7. The largest absolute Gasteiger partial charge is 0.391 e. The van der Waals surface area contributed by atoms with Gasteiger partial charge in [-0.3, -0.25) is 9.35 Å². The number of unbranched alkanes of at least 4 members (excludes halogenated alkanes) is 31. The maximum atomic E-state index is 12.6. The van der Waals surface area contributed by atoms with Gasteiger partial charge >= 0.3 is 0 Å². The van der Waals surface area contributed by atoms with Crippen LogP contribution in [0, 0.1) is 0 Å². The van der Waals surface area contributed by atoms with E-state index < -0.39 is 28.0 Å². The molecule has 0 aliphatic rings. The summed E-state index contributed by atoms with van der Waals surface area (Å²) in [5.74, 6) is -0.894. The number of hydrogen-bond donors (Lipinski definition) is 3. The molecule has 0 aliphatic heterocycles. The van der Waals surface area contributed by atoms with Crippen molar-refractivity contribution < 1.29 is 22.9 Å². The van der Waals surface area contributed by atoms with Crippen LogP contribution in [-0.4, -0.2) is 41.9 Å². The molecule has 54 heavy (non-hydrogen) atoms. The number of rotatable bonds is 43. The second-order valence-corrected chi connectivity index (χ2v) is 17.9. The van der Waals surface area contributed by atoms with Gasteiger partial charge in [-0.2, -0.15) is 8.42 Å². The summed E-state index contributed by atoms with van der Waals surface area (Å²) in [6, 6.07) is -0.972. The van der Waals surface area contributed by atoms with Crippen LogP contribution in [0.4, 0.5) is 0 Å². The van der Waals surface area contributed by atoms with Crippen LogP contribution in [0.25, 0.3) is 0 Å². The second-order valence-electron chi connectivity index (χ2n) is 16.4. The van der Waals surface area contributed by atoms with Gasteiger partial charge in [0.15, 0.2) is 0 Å². The van der Waals surface area contributed by atoms with Crippen molar-refractivity contribution in [1.29, 1.82) is 0 Å². The molecule has 0 heterocycles.